The van der Waals surface area contributed by atoms with Crippen molar-refractivity contribution in [3.05, 3.63) is 83.9 Å². The number of alkyl halides is 4. The molecule has 0 unspecified atom stereocenters. The van der Waals surface area contributed by atoms with Crippen LogP contribution in [0.5, 0.6) is 5.75 Å². The molecule has 0 bridgehead atoms. The van der Waals surface area contributed by atoms with Crippen molar-refractivity contribution in [3.63, 3.8) is 0 Å². The Bertz CT molecular complexity index is 1350. The number of rotatable bonds is 7. The van der Waals surface area contributed by atoms with Gasteiger partial charge in [-0.2, -0.15) is 8.78 Å². The molecule has 2 aromatic heterocycles. The van der Waals surface area contributed by atoms with E-state index in [4.69, 9.17) is 4.42 Å². The molecular formula is C25H19F4N3O3. The summed E-state index contributed by atoms with van der Waals surface area (Å²) in [6.07, 6.45) is 1.51. The van der Waals surface area contributed by atoms with Gasteiger partial charge < -0.3 is 14.5 Å². The van der Waals surface area contributed by atoms with Gasteiger partial charge in [0.25, 0.3) is 11.8 Å². The molecule has 4 aromatic rings. The van der Waals surface area contributed by atoms with E-state index in [-0.39, 0.29) is 39.9 Å². The van der Waals surface area contributed by atoms with Crippen LogP contribution >= 0.6 is 0 Å². The summed E-state index contributed by atoms with van der Waals surface area (Å²) in [5.41, 5.74) is 1.22. The highest BCUT2D eigenvalue weighted by atomic mass is 19.3. The second-order valence-corrected chi connectivity index (χ2v) is 7.66. The number of hydrogen-bond acceptors (Lipinski definition) is 5. The number of nitrogens with one attached hydrogen (secondary N) is 1. The minimum absolute atomic E-state index is 0.0577. The van der Waals surface area contributed by atoms with E-state index in [2.05, 4.69) is 20.0 Å². The summed E-state index contributed by atoms with van der Waals surface area (Å²) in [6, 6.07) is 14.6. The van der Waals surface area contributed by atoms with Crippen LogP contribution < -0.4 is 10.1 Å². The van der Waals surface area contributed by atoms with Crippen molar-refractivity contribution in [3.8, 4) is 28.5 Å². The Morgan fingerprint density at radius 2 is 1.89 bits per heavy atom. The van der Waals surface area contributed by atoms with Gasteiger partial charge in [0, 0.05) is 35.5 Å². The standard InChI is InChI=1S/C25H19F4N3O3/c1-14-21(22(33)32-17-7-5-6-16(13-17)25(2,28)29)35-23(31-14)15-9-10-20(34-24(26)27)18(12-15)19-8-3-4-11-30-19/h3-13,24H,1-2H3,(H,32,33). The predicted octanol–water partition coefficient (Wildman–Crippen LogP) is 6.68. The van der Waals surface area contributed by atoms with Gasteiger partial charge in [-0.1, -0.05) is 18.2 Å². The van der Waals surface area contributed by atoms with Gasteiger partial charge in [-0.05, 0) is 49.4 Å². The average molecular weight is 485 g/mol. The quantitative estimate of drug-likeness (QED) is 0.296. The van der Waals surface area contributed by atoms with Gasteiger partial charge in [-0.3, -0.25) is 9.78 Å². The first-order chi connectivity index (χ1) is 16.6. The van der Waals surface area contributed by atoms with Gasteiger partial charge in [0.05, 0.1) is 11.4 Å². The molecule has 0 radical (unpaired) electrons. The number of anilines is 1. The Morgan fingerprint density at radius 1 is 1.09 bits per heavy atom. The lowest BCUT2D eigenvalue weighted by Crippen LogP contribution is -2.13. The summed E-state index contributed by atoms with van der Waals surface area (Å²) < 4.78 is 63.3. The molecule has 0 atom stereocenters. The first kappa shape index (κ1) is 23.9. The highest BCUT2D eigenvalue weighted by Crippen LogP contribution is 2.35. The topological polar surface area (TPSA) is 77.2 Å². The second-order valence-electron chi connectivity index (χ2n) is 7.66. The van der Waals surface area contributed by atoms with E-state index in [1.54, 1.807) is 25.1 Å². The summed E-state index contributed by atoms with van der Waals surface area (Å²) >= 11 is 0. The third-order valence-electron chi connectivity index (χ3n) is 5.01. The molecule has 4 rings (SSSR count). The molecule has 0 fully saturated rings. The molecule has 2 aromatic carbocycles. The molecule has 0 aliphatic carbocycles. The highest BCUT2D eigenvalue weighted by molar-refractivity contribution is 6.03. The zero-order valence-electron chi connectivity index (χ0n) is 18.6. The summed E-state index contributed by atoms with van der Waals surface area (Å²) in [5.74, 6) is -3.90. The van der Waals surface area contributed by atoms with Crippen molar-refractivity contribution in [2.75, 3.05) is 5.32 Å². The molecule has 0 saturated heterocycles. The van der Waals surface area contributed by atoms with Crippen molar-refractivity contribution >= 4 is 11.6 Å². The number of carbonyl (C=O) groups is 1. The number of carbonyl (C=O) groups excluding carboxylic acids is 1. The molecule has 0 aliphatic rings. The van der Waals surface area contributed by atoms with Crippen LogP contribution in [0.2, 0.25) is 0 Å². The molecule has 1 N–H and O–H groups in total. The van der Waals surface area contributed by atoms with Crippen LogP contribution in [0.1, 0.15) is 28.7 Å². The maximum absolute atomic E-state index is 13.6. The minimum Gasteiger partial charge on any atom is -0.434 e. The van der Waals surface area contributed by atoms with E-state index in [0.29, 0.717) is 11.3 Å². The van der Waals surface area contributed by atoms with E-state index in [1.807, 2.05) is 0 Å². The van der Waals surface area contributed by atoms with Gasteiger partial charge in [0.15, 0.2) is 0 Å². The van der Waals surface area contributed by atoms with Gasteiger partial charge in [0.2, 0.25) is 11.7 Å². The van der Waals surface area contributed by atoms with Crippen LogP contribution in [-0.2, 0) is 5.92 Å². The van der Waals surface area contributed by atoms with Crippen LogP contribution in [0.4, 0.5) is 23.2 Å². The third kappa shape index (κ3) is 5.48. The Morgan fingerprint density at radius 3 is 2.57 bits per heavy atom. The summed E-state index contributed by atoms with van der Waals surface area (Å²) in [7, 11) is 0. The lowest BCUT2D eigenvalue weighted by Gasteiger charge is -2.12. The zero-order chi connectivity index (χ0) is 25.2. The zero-order valence-corrected chi connectivity index (χ0v) is 18.6. The second kappa shape index (κ2) is 9.57. The third-order valence-corrected chi connectivity index (χ3v) is 5.01. The molecular weight excluding hydrogens is 466 g/mol. The fraction of sp³-hybridized carbons (Fsp3) is 0.160. The van der Waals surface area contributed by atoms with Gasteiger partial charge in [-0.25, -0.2) is 13.8 Å². The van der Waals surface area contributed by atoms with Crippen LogP contribution in [0, 0.1) is 6.92 Å². The van der Waals surface area contributed by atoms with Crippen LogP contribution in [-0.4, -0.2) is 22.5 Å². The minimum atomic E-state index is -3.07. The molecule has 35 heavy (non-hydrogen) atoms. The molecule has 0 spiro atoms. The lowest BCUT2D eigenvalue weighted by atomic mass is 10.1. The Kier molecular flexibility index (Phi) is 6.54. The fourth-order valence-corrected chi connectivity index (χ4v) is 3.37. The molecule has 0 saturated carbocycles. The monoisotopic (exact) mass is 485 g/mol. The number of benzene rings is 2. The van der Waals surface area contributed by atoms with Gasteiger partial charge >= 0.3 is 6.61 Å². The average Bonchev–Trinajstić information content (AvgIpc) is 3.21. The lowest BCUT2D eigenvalue weighted by molar-refractivity contribution is -0.0494. The Labute approximate surface area is 197 Å². The Hall–Kier alpha value is -4.21. The maximum atomic E-state index is 13.6. The number of nitrogens with zero attached hydrogens (tertiary/aromatic N) is 2. The number of halogens is 4. The summed E-state index contributed by atoms with van der Waals surface area (Å²) in [6.45, 7) is -0.724. The molecule has 1 amide bonds. The summed E-state index contributed by atoms with van der Waals surface area (Å²) in [4.78, 5) is 21.2. The van der Waals surface area contributed by atoms with E-state index in [0.717, 1.165) is 6.92 Å². The van der Waals surface area contributed by atoms with E-state index >= 15 is 0 Å². The van der Waals surface area contributed by atoms with Crippen LogP contribution in [0.3, 0.4) is 0 Å². The first-order valence-electron chi connectivity index (χ1n) is 10.4. The number of aromatic nitrogens is 2. The van der Waals surface area contributed by atoms with Crippen molar-refractivity contribution in [1.29, 1.82) is 0 Å². The molecule has 10 heteroatoms. The first-order valence-corrected chi connectivity index (χ1v) is 10.4. The smallest absolute Gasteiger partial charge is 0.387 e. The Balaban J connectivity index is 1.65. The fourth-order valence-electron chi connectivity index (χ4n) is 3.37. The number of aryl methyl sites for hydroxylation is 1. The van der Waals surface area contributed by atoms with Crippen molar-refractivity contribution < 1.29 is 31.5 Å². The SMILES string of the molecule is Cc1nc(-c2ccc(OC(F)F)c(-c3ccccn3)c2)oc1C(=O)Nc1cccc(C(C)(F)F)c1. The normalized spacial score (nSPS) is 11.5. The number of amides is 1. The maximum Gasteiger partial charge on any atom is 0.387 e. The molecule has 2 heterocycles. The molecule has 0 aliphatic heterocycles. The van der Waals surface area contributed by atoms with Gasteiger partial charge in [0.1, 0.15) is 5.75 Å². The van der Waals surface area contributed by atoms with Crippen molar-refractivity contribution in [1.82, 2.24) is 9.97 Å². The van der Waals surface area contributed by atoms with E-state index in [1.165, 1.54) is 48.7 Å². The van der Waals surface area contributed by atoms with Crippen molar-refractivity contribution in [2.24, 2.45) is 0 Å². The number of oxazole rings is 1. The predicted molar refractivity (Wildman–Crippen MR) is 121 cm³/mol. The number of ether oxygens (including phenoxy) is 1. The molecule has 6 nitrogen and oxygen atoms in total. The van der Waals surface area contributed by atoms with E-state index < -0.39 is 18.4 Å². The number of hydrogen-bond donors (Lipinski definition) is 1. The largest absolute Gasteiger partial charge is 0.434 e. The van der Waals surface area contributed by atoms with E-state index in [9.17, 15) is 22.4 Å². The highest BCUT2D eigenvalue weighted by Gasteiger charge is 2.25. The summed E-state index contributed by atoms with van der Waals surface area (Å²) in [5, 5.41) is 2.52. The van der Waals surface area contributed by atoms with Crippen LogP contribution in [0.15, 0.2) is 71.3 Å². The van der Waals surface area contributed by atoms with Crippen molar-refractivity contribution in [2.45, 2.75) is 26.4 Å². The van der Waals surface area contributed by atoms with Crippen LogP contribution in [0.25, 0.3) is 22.7 Å². The molecule has 180 valence electrons. The van der Waals surface area contributed by atoms with Gasteiger partial charge in [-0.15, -0.1) is 0 Å². The number of pyridine rings is 1.